The number of rotatable bonds is 12. The van der Waals surface area contributed by atoms with Gasteiger partial charge >= 0.3 is 0 Å². The molecule has 3 aromatic rings. The van der Waals surface area contributed by atoms with E-state index >= 15 is 0 Å². The summed E-state index contributed by atoms with van der Waals surface area (Å²) in [5, 5.41) is 0. The van der Waals surface area contributed by atoms with E-state index in [2.05, 4.69) is 17.1 Å². The molecule has 2 atom stereocenters. The van der Waals surface area contributed by atoms with Crippen LogP contribution in [0.15, 0.2) is 72.1 Å². The summed E-state index contributed by atoms with van der Waals surface area (Å²) in [6.07, 6.45) is 7.10. The molecule has 8 nitrogen and oxygen atoms in total. The summed E-state index contributed by atoms with van der Waals surface area (Å²) in [6, 6.07) is 14.7. The van der Waals surface area contributed by atoms with Gasteiger partial charge in [0.2, 0.25) is 0 Å². The first-order chi connectivity index (χ1) is 16.9. The number of hydrogen-bond acceptors (Lipinski definition) is 7. The topological polar surface area (TPSA) is 88.9 Å². The summed E-state index contributed by atoms with van der Waals surface area (Å²) in [6.45, 7) is 5.10. The average Bonchev–Trinajstić information content (AvgIpc) is 3.50. The summed E-state index contributed by atoms with van der Waals surface area (Å²) in [4.78, 5) is 4.24. The fourth-order valence-electron chi connectivity index (χ4n) is 4.07. The van der Waals surface area contributed by atoms with Crippen molar-refractivity contribution in [3.8, 4) is 5.75 Å². The fourth-order valence-corrected chi connectivity index (χ4v) is 5.01. The normalized spacial score (nSPS) is 20.2. The maximum atomic E-state index is 12.6. The van der Waals surface area contributed by atoms with Gasteiger partial charge in [-0.2, -0.15) is 8.42 Å². The Kier molecular flexibility index (Phi) is 8.22. The lowest BCUT2D eigenvalue weighted by molar-refractivity contribution is -0.185. The van der Waals surface area contributed by atoms with Gasteiger partial charge in [-0.25, -0.2) is 4.98 Å². The van der Waals surface area contributed by atoms with E-state index in [-0.39, 0.29) is 18.1 Å². The molecule has 35 heavy (non-hydrogen) atoms. The lowest BCUT2D eigenvalue weighted by Gasteiger charge is -2.28. The summed E-state index contributed by atoms with van der Waals surface area (Å²) < 4.78 is 50.3. The third kappa shape index (κ3) is 6.91. The van der Waals surface area contributed by atoms with Crippen molar-refractivity contribution in [2.75, 3.05) is 19.8 Å². The molecule has 2 heterocycles. The molecule has 0 amide bonds. The van der Waals surface area contributed by atoms with E-state index in [9.17, 15) is 8.42 Å². The van der Waals surface area contributed by atoms with Crippen LogP contribution in [0.4, 0.5) is 0 Å². The molecule has 4 rings (SSSR count). The number of imidazole rings is 1. The van der Waals surface area contributed by atoms with Crippen molar-refractivity contribution in [3.63, 3.8) is 0 Å². The van der Waals surface area contributed by atoms with Crippen molar-refractivity contribution >= 4 is 10.1 Å². The largest absolute Gasteiger partial charge is 0.494 e. The maximum absolute atomic E-state index is 12.6. The second-order valence-electron chi connectivity index (χ2n) is 8.68. The van der Waals surface area contributed by atoms with E-state index in [0.717, 1.165) is 24.2 Å². The van der Waals surface area contributed by atoms with Crippen LogP contribution in [0.5, 0.6) is 5.75 Å². The van der Waals surface area contributed by atoms with Crippen LogP contribution in [0.3, 0.4) is 0 Å². The predicted molar refractivity (Wildman–Crippen MR) is 131 cm³/mol. The molecular weight excluding hydrogens is 468 g/mol. The quantitative estimate of drug-likeness (QED) is 0.346. The maximum Gasteiger partial charge on any atom is 0.297 e. The van der Waals surface area contributed by atoms with Crippen molar-refractivity contribution in [1.82, 2.24) is 9.55 Å². The highest BCUT2D eigenvalue weighted by molar-refractivity contribution is 7.86. The smallest absolute Gasteiger partial charge is 0.297 e. The first-order valence-corrected chi connectivity index (χ1v) is 13.2. The summed E-state index contributed by atoms with van der Waals surface area (Å²) in [5.41, 5.74) is 2.18. The number of ether oxygens (including phenoxy) is 3. The minimum absolute atomic E-state index is 0.110. The predicted octanol–water partition coefficient (Wildman–Crippen LogP) is 4.13. The van der Waals surface area contributed by atoms with Crippen LogP contribution in [0.2, 0.25) is 0 Å². The molecule has 0 saturated carbocycles. The van der Waals surface area contributed by atoms with Gasteiger partial charge in [0.15, 0.2) is 5.79 Å². The van der Waals surface area contributed by atoms with Gasteiger partial charge in [-0.15, -0.1) is 0 Å². The molecule has 1 fully saturated rings. The Morgan fingerprint density at radius 1 is 1.14 bits per heavy atom. The van der Waals surface area contributed by atoms with E-state index in [0.29, 0.717) is 19.6 Å². The molecule has 1 aromatic heterocycles. The molecule has 0 N–H and O–H groups in total. The molecule has 0 unspecified atom stereocenters. The molecule has 0 spiro atoms. The van der Waals surface area contributed by atoms with Crippen molar-refractivity contribution < 1.29 is 26.8 Å². The summed E-state index contributed by atoms with van der Waals surface area (Å²) in [5.74, 6) is -0.0214. The molecule has 0 aliphatic carbocycles. The van der Waals surface area contributed by atoms with Gasteiger partial charge in [-0.05, 0) is 56.5 Å². The van der Waals surface area contributed by atoms with Crippen LogP contribution in [0.1, 0.15) is 30.9 Å². The average molecular weight is 501 g/mol. The Morgan fingerprint density at radius 3 is 2.60 bits per heavy atom. The molecule has 0 bridgehead atoms. The second-order valence-corrected chi connectivity index (χ2v) is 10.3. The molecule has 0 radical (unpaired) electrons. The van der Waals surface area contributed by atoms with Gasteiger partial charge in [0.1, 0.15) is 11.9 Å². The number of aromatic nitrogens is 2. The molecule has 1 aliphatic heterocycles. The van der Waals surface area contributed by atoms with Gasteiger partial charge in [0.25, 0.3) is 10.1 Å². The Morgan fingerprint density at radius 2 is 1.91 bits per heavy atom. The molecule has 1 aliphatic rings. The minimum atomic E-state index is -3.87. The van der Waals surface area contributed by atoms with Gasteiger partial charge in [-0.3, -0.25) is 4.18 Å². The zero-order valence-corrected chi connectivity index (χ0v) is 20.9. The van der Waals surface area contributed by atoms with E-state index in [1.54, 1.807) is 36.8 Å². The first kappa shape index (κ1) is 25.4. The Balaban J connectivity index is 1.36. The second kappa shape index (κ2) is 11.3. The van der Waals surface area contributed by atoms with Crippen molar-refractivity contribution in [2.45, 2.75) is 56.4 Å². The summed E-state index contributed by atoms with van der Waals surface area (Å²) >= 11 is 0. The van der Waals surface area contributed by atoms with Gasteiger partial charge in [0, 0.05) is 18.8 Å². The van der Waals surface area contributed by atoms with Crippen LogP contribution >= 0.6 is 0 Å². The van der Waals surface area contributed by atoms with Crippen molar-refractivity contribution in [2.24, 2.45) is 0 Å². The monoisotopic (exact) mass is 500 g/mol. The SMILES string of the molecule is CCOc1ccc(CCC[C@@]2(Cn3ccnc3)OC[C@@H](COS(=O)(=O)c3ccc(C)cc3)O2)cc1. The third-order valence-electron chi connectivity index (χ3n) is 5.87. The molecule has 2 aromatic carbocycles. The Bertz CT molecular complexity index is 1160. The van der Waals surface area contributed by atoms with E-state index < -0.39 is 22.0 Å². The first-order valence-electron chi connectivity index (χ1n) is 11.8. The van der Waals surface area contributed by atoms with Gasteiger partial charge < -0.3 is 18.8 Å². The number of benzene rings is 2. The van der Waals surface area contributed by atoms with Gasteiger partial charge in [0.05, 0.1) is 37.6 Å². The third-order valence-corrected chi connectivity index (χ3v) is 7.17. The zero-order valence-electron chi connectivity index (χ0n) is 20.1. The van der Waals surface area contributed by atoms with Crippen LogP contribution < -0.4 is 4.74 Å². The minimum Gasteiger partial charge on any atom is -0.494 e. The molecule has 9 heteroatoms. The van der Waals surface area contributed by atoms with Crippen LogP contribution in [-0.2, 0) is 36.7 Å². The highest BCUT2D eigenvalue weighted by Gasteiger charge is 2.42. The van der Waals surface area contributed by atoms with Crippen LogP contribution in [-0.4, -0.2) is 49.7 Å². The van der Waals surface area contributed by atoms with E-state index in [4.69, 9.17) is 18.4 Å². The molecule has 1 saturated heterocycles. The highest BCUT2D eigenvalue weighted by Crippen LogP contribution is 2.32. The fraction of sp³-hybridized carbons (Fsp3) is 0.423. The van der Waals surface area contributed by atoms with Crippen molar-refractivity contribution in [1.29, 1.82) is 0 Å². The van der Waals surface area contributed by atoms with E-state index in [1.165, 1.54) is 5.56 Å². The van der Waals surface area contributed by atoms with Crippen LogP contribution in [0.25, 0.3) is 0 Å². The van der Waals surface area contributed by atoms with E-state index in [1.807, 2.05) is 36.7 Å². The lowest BCUT2D eigenvalue weighted by atomic mass is 10.0. The molecular formula is C26H32N2O6S. The van der Waals surface area contributed by atoms with Crippen LogP contribution in [0, 0.1) is 6.92 Å². The van der Waals surface area contributed by atoms with Crippen molar-refractivity contribution in [3.05, 3.63) is 78.4 Å². The number of hydrogen-bond donors (Lipinski definition) is 0. The number of nitrogens with zero attached hydrogens (tertiary/aromatic N) is 2. The standard InChI is InChI=1S/C26H32N2O6S/c1-3-31-23-10-8-22(9-11-23)5-4-14-26(19-28-16-15-27-20-28)32-17-24(34-26)18-33-35(29,30)25-12-6-21(2)7-13-25/h6-13,15-16,20,24H,3-5,14,17-19H2,1-2H3/t24-,26+/m0/s1. The summed E-state index contributed by atoms with van der Waals surface area (Å²) in [7, 11) is -3.87. The number of aryl methyl sites for hydroxylation is 2. The molecule has 188 valence electrons. The zero-order chi connectivity index (χ0) is 24.7. The van der Waals surface area contributed by atoms with Gasteiger partial charge in [-0.1, -0.05) is 29.8 Å². The Hall–Kier alpha value is -2.72. The Labute approximate surface area is 206 Å². The lowest BCUT2D eigenvalue weighted by Crippen LogP contribution is -2.37. The highest BCUT2D eigenvalue weighted by atomic mass is 32.2.